The molecule has 0 fully saturated rings. The predicted molar refractivity (Wildman–Crippen MR) is 85.2 cm³/mol. The highest BCUT2D eigenvalue weighted by molar-refractivity contribution is 9.10. The highest BCUT2D eigenvalue weighted by Gasteiger charge is 2.24. The van der Waals surface area contributed by atoms with Crippen molar-refractivity contribution in [3.8, 4) is 0 Å². The van der Waals surface area contributed by atoms with Gasteiger partial charge >= 0.3 is 5.97 Å². The number of halogens is 2. The average molecular weight is 385 g/mol. The standard InChI is InChI=1S/C15H18BrFN4O2/c1-15(2,3)23-13(22)8-10(14-18-20-21-19-14)6-9-4-5-11(16)12(17)7-9/h4-5,7,10H,6,8H2,1-3H3,(H,18,19,20,21)/t10-/m0/s1. The van der Waals surface area contributed by atoms with Crippen molar-refractivity contribution >= 4 is 21.9 Å². The monoisotopic (exact) mass is 384 g/mol. The van der Waals surface area contributed by atoms with Crippen LogP contribution in [0, 0.1) is 5.82 Å². The van der Waals surface area contributed by atoms with Gasteiger partial charge in [-0.1, -0.05) is 6.07 Å². The van der Waals surface area contributed by atoms with Crippen molar-refractivity contribution in [2.45, 2.75) is 45.1 Å². The zero-order valence-electron chi connectivity index (χ0n) is 13.1. The molecule has 0 saturated heterocycles. The molecular weight excluding hydrogens is 367 g/mol. The first-order valence-corrected chi connectivity index (χ1v) is 7.93. The first-order valence-electron chi connectivity index (χ1n) is 7.14. The SMILES string of the molecule is CC(C)(C)OC(=O)C[C@H](Cc1ccc(Br)c(F)c1)c1nnn[nH]1. The molecular formula is C15H18BrFN4O2. The Balaban J connectivity index is 2.15. The van der Waals surface area contributed by atoms with Crippen LogP contribution in [0.15, 0.2) is 22.7 Å². The Hall–Kier alpha value is -1.83. The number of ether oxygens (including phenoxy) is 1. The van der Waals surface area contributed by atoms with E-state index in [1.807, 2.05) is 0 Å². The van der Waals surface area contributed by atoms with Crippen LogP contribution in [0.5, 0.6) is 0 Å². The van der Waals surface area contributed by atoms with E-state index < -0.39 is 5.60 Å². The molecule has 1 aromatic heterocycles. The Bertz CT molecular complexity index is 671. The normalized spacial score (nSPS) is 12.9. The van der Waals surface area contributed by atoms with Crippen LogP contribution in [0.2, 0.25) is 0 Å². The van der Waals surface area contributed by atoms with Gasteiger partial charge in [0.25, 0.3) is 0 Å². The van der Waals surface area contributed by atoms with E-state index in [9.17, 15) is 9.18 Å². The summed E-state index contributed by atoms with van der Waals surface area (Å²) in [5.41, 5.74) is 0.182. The summed E-state index contributed by atoms with van der Waals surface area (Å²) in [4.78, 5) is 12.1. The van der Waals surface area contributed by atoms with Crippen molar-refractivity contribution in [1.82, 2.24) is 20.6 Å². The van der Waals surface area contributed by atoms with E-state index in [1.165, 1.54) is 6.07 Å². The van der Waals surface area contributed by atoms with E-state index >= 15 is 0 Å². The summed E-state index contributed by atoms with van der Waals surface area (Å²) in [6, 6.07) is 4.85. The lowest BCUT2D eigenvalue weighted by Crippen LogP contribution is -2.25. The second-order valence-corrected chi connectivity index (χ2v) is 7.08. The maximum atomic E-state index is 13.7. The van der Waals surface area contributed by atoms with Gasteiger partial charge in [0.1, 0.15) is 11.4 Å². The summed E-state index contributed by atoms with van der Waals surface area (Å²) in [6.07, 6.45) is 0.520. The van der Waals surface area contributed by atoms with Crippen LogP contribution in [0.25, 0.3) is 0 Å². The molecule has 1 heterocycles. The van der Waals surface area contributed by atoms with Crippen molar-refractivity contribution in [2.75, 3.05) is 0 Å². The van der Waals surface area contributed by atoms with Gasteiger partial charge in [0.15, 0.2) is 5.82 Å². The summed E-state index contributed by atoms with van der Waals surface area (Å²) in [5, 5.41) is 13.6. The molecule has 8 heteroatoms. The summed E-state index contributed by atoms with van der Waals surface area (Å²) < 4.78 is 19.4. The van der Waals surface area contributed by atoms with E-state index in [4.69, 9.17) is 4.74 Å². The molecule has 0 spiro atoms. The molecule has 0 aliphatic rings. The van der Waals surface area contributed by atoms with Crippen LogP contribution in [0.1, 0.15) is 44.5 Å². The molecule has 0 aliphatic carbocycles. The summed E-state index contributed by atoms with van der Waals surface area (Å²) in [7, 11) is 0. The van der Waals surface area contributed by atoms with Crippen LogP contribution in [0.3, 0.4) is 0 Å². The van der Waals surface area contributed by atoms with Gasteiger partial charge in [0.05, 0.1) is 10.9 Å². The number of esters is 1. The first kappa shape index (κ1) is 17.5. The molecule has 1 atom stereocenters. The first-order chi connectivity index (χ1) is 10.7. The van der Waals surface area contributed by atoms with E-state index in [1.54, 1.807) is 32.9 Å². The topological polar surface area (TPSA) is 80.8 Å². The molecule has 0 unspecified atom stereocenters. The number of carbonyl (C=O) groups excluding carboxylic acids is 1. The van der Waals surface area contributed by atoms with E-state index in [0.29, 0.717) is 16.7 Å². The third-order valence-electron chi connectivity index (χ3n) is 3.05. The van der Waals surface area contributed by atoms with Gasteiger partial charge in [-0.15, -0.1) is 5.10 Å². The number of tetrazole rings is 1. The number of H-pyrrole nitrogens is 1. The molecule has 0 radical (unpaired) electrons. The minimum Gasteiger partial charge on any atom is -0.460 e. The number of nitrogens with one attached hydrogen (secondary N) is 1. The second-order valence-electron chi connectivity index (χ2n) is 6.23. The Kier molecular flexibility index (Phi) is 5.46. The van der Waals surface area contributed by atoms with Crippen molar-refractivity contribution in [3.63, 3.8) is 0 Å². The number of aromatic nitrogens is 4. The Morgan fingerprint density at radius 3 is 2.74 bits per heavy atom. The third-order valence-corrected chi connectivity index (χ3v) is 3.69. The number of aromatic amines is 1. The van der Waals surface area contributed by atoms with Crippen molar-refractivity contribution < 1.29 is 13.9 Å². The van der Waals surface area contributed by atoms with Crippen molar-refractivity contribution in [2.24, 2.45) is 0 Å². The van der Waals surface area contributed by atoms with Crippen LogP contribution in [-0.2, 0) is 16.0 Å². The lowest BCUT2D eigenvalue weighted by atomic mass is 9.95. The minimum atomic E-state index is -0.564. The van der Waals surface area contributed by atoms with Gasteiger partial charge in [0.2, 0.25) is 0 Å². The molecule has 0 amide bonds. The molecule has 0 aliphatic heterocycles. The van der Waals surface area contributed by atoms with Crippen LogP contribution in [-0.4, -0.2) is 32.2 Å². The van der Waals surface area contributed by atoms with Gasteiger partial charge < -0.3 is 4.74 Å². The number of hydrogen-bond donors (Lipinski definition) is 1. The largest absolute Gasteiger partial charge is 0.460 e. The molecule has 0 bridgehead atoms. The molecule has 1 aromatic carbocycles. The minimum absolute atomic E-state index is 0.103. The maximum absolute atomic E-state index is 13.7. The smallest absolute Gasteiger partial charge is 0.307 e. The number of nitrogens with zero attached hydrogens (tertiary/aromatic N) is 3. The van der Waals surface area contributed by atoms with Gasteiger partial charge in [-0.3, -0.25) is 4.79 Å². The van der Waals surface area contributed by atoms with E-state index in [-0.39, 0.29) is 24.1 Å². The summed E-state index contributed by atoms with van der Waals surface area (Å²) in [6.45, 7) is 5.42. The molecule has 1 N–H and O–H groups in total. The van der Waals surface area contributed by atoms with Gasteiger partial charge in [-0.25, -0.2) is 9.49 Å². The Morgan fingerprint density at radius 2 is 2.17 bits per heavy atom. The van der Waals surface area contributed by atoms with Crippen LogP contribution in [0.4, 0.5) is 4.39 Å². The second kappa shape index (κ2) is 7.16. The molecule has 0 saturated carbocycles. The number of hydrogen-bond acceptors (Lipinski definition) is 5. The maximum Gasteiger partial charge on any atom is 0.307 e. The lowest BCUT2D eigenvalue weighted by Gasteiger charge is -2.21. The van der Waals surface area contributed by atoms with Gasteiger partial charge in [-0.2, -0.15) is 0 Å². The molecule has 2 aromatic rings. The molecule has 124 valence electrons. The summed E-state index contributed by atoms with van der Waals surface area (Å²) in [5.74, 6) is -0.551. The third kappa shape index (κ3) is 5.38. The van der Waals surface area contributed by atoms with E-state index in [0.717, 1.165) is 5.56 Å². The highest BCUT2D eigenvalue weighted by atomic mass is 79.9. The number of benzene rings is 1. The molecule has 2 rings (SSSR count). The quantitative estimate of drug-likeness (QED) is 0.800. The van der Waals surface area contributed by atoms with Crippen LogP contribution >= 0.6 is 15.9 Å². The van der Waals surface area contributed by atoms with Crippen molar-refractivity contribution in [1.29, 1.82) is 0 Å². The van der Waals surface area contributed by atoms with Crippen molar-refractivity contribution in [3.05, 3.63) is 39.9 Å². The fourth-order valence-electron chi connectivity index (χ4n) is 2.14. The number of rotatable bonds is 5. The zero-order chi connectivity index (χ0) is 17.0. The van der Waals surface area contributed by atoms with Gasteiger partial charge in [0, 0.05) is 5.92 Å². The average Bonchev–Trinajstić information content (AvgIpc) is 2.94. The fourth-order valence-corrected chi connectivity index (χ4v) is 2.39. The Morgan fingerprint density at radius 1 is 1.43 bits per heavy atom. The number of carbonyl (C=O) groups is 1. The van der Waals surface area contributed by atoms with Crippen LogP contribution < -0.4 is 0 Å². The lowest BCUT2D eigenvalue weighted by molar-refractivity contribution is -0.155. The predicted octanol–water partition coefficient (Wildman–Crippen LogP) is 3.16. The summed E-state index contributed by atoms with van der Waals surface area (Å²) >= 11 is 3.12. The molecule has 6 nitrogen and oxygen atoms in total. The fraction of sp³-hybridized carbons (Fsp3) is 0.467. The highest BCUT2D eigenvalue weighted by Crippen LogP contribution is 2.25. The Labute approximate surface area is 141 Å². The van der Waals surface area contributed by atoms with E-state index in [2.05, 4.69) is 36.6 Å². The van der Waals surface area contributed by atoms with Gasteiger partial charge in [-0.05, 0) is 71.2 Å². The zero-order valence-corrected chi connectivity index (χ0v) is 14.7. The molecule has 23 heavy (non-hydrogen) atoms.